The number of aliphatic hydroxyl groups is 1. The highest BCUT2D eigenvalue weighted by atomic mass is 16.5. The summed E-state index contributed by atoms with van der Waals surface area (Å²) in [5.41, 5.74) is 0.587. The van der Waals surface area contributed by atoms with Crippen LogP contribution in [-0.2, 0) is 4.79 Å². The number of rotatable bonds is 6. The first kappa shape index (κ1) is 13.5. The fraction of sp³-hybridized carbons (Fsp3) is 0.462. The molecule has 4 heteroatoms. The van der Waals surface area contributed by atoms with Gasteiger partial charge in [0.2, 0.25) is 0 Å². The van der Waals surface area contributed by atoms with Crippen LogP contribution < -0.4 is 4.74 Å². The third kappa shape index (κ3) is 3.75. The number of carboxylic acids is 1. The number of aliphatic carboxylic acids is 1. The molecule has 1 rings (SSSR count). The minimum Gasteiger partial charge on any atom is -0.494 e. The Morgan fingerprint density at radius 3 is 2.41 bits per heavy atom. The predicted molar refractivity (Wildman–Crippen MR) is 64.0 cm³/mol. The van der Waals surface area contributed by atoms with Gasteiger partial charge in [-0.1, -0.05) is 19.1 Å². The van der Waals surface area contributed by atoms with Gasteiger partial charge < -0.3 is 14.9 Å². The minimum absolute atomic E-state index is 0.587. The van der Waals surface area contributed by atoms with Crippen molar-refractivity contribution in [3.05, 3.63) is 29.8 Å². The van der Waals surface area contributed by atoms with E-state index in [-0.39, 0.29) is 0 Å². The van der Waals surface area contributed by atoms with E-state index < -0.39 is 18.0 Å². The van der Waals surface area contributed by atoms with E-state index in [1.54, 1.807) is 24.3 Å². The molecule has 0 radical (unpaired) electrons. The van der Waals surface area contributed by atoms with E-state index in [9.17, 15) is 9.90 Å². The van der Waals surface area contributed by atoms with Crippen molar-refractivity contribution in [2.24, 2.45) is 5.92 Å². The van der Waals surface area contributed by atoms with Crippen LogP contribution in [0.4, 0.5) is 0 Å². The van der Waals surface area contributed by atoms with Gasteiger partial charge in [-0.3, -0.25) is 4.79 Å². The Bertz CT molecular complexity index is 358. The molecular formula is C13H18O4. The van der Waals surface area contributed by atoms with E-state index in [0.29, 0.717) is 12.2 Å². The van der Waals surface area contributed by atoms with Crippen molar-refractivity contribution in [2.75, 3.05) is 6.61 Å². The number of aliphatic hydroxyl groups excluding tert-OH is 1. The highest BCUT2D eigenvalue weighted by Crippen LogP contribution is 2.24. The van der Waals surface area contributed by atoms with Gasteiger partial charge in [0.1, 0.15) is 5.75 Å². The lowest BCUT2D eigenvalue weighted by Crippen LogP contribution is -2.18. The molecule has 2 N–H and O–H groups in total. The van der Waals surface area contributed by atoms with Gasteiger partial charge in [-0.2, -0.15) is 0 Å². The summed E-state index contributed by atoms with van der Waals surface area (Å²) >= 11 is 0. The molecule has 0 saturated heterocycles. The van der Waals surface area contributed by atoms with Crippen molar-refractivity contribution in [3.63, 3.8) is 0 Å². The Labute approximate surface area is 101 Å². The summed E-state index contributed by atoms with van der Waals surface area (Å²) in [6, 6.07) is 6.86. The Balaban J connectivity index is 2.69. The van der Waals surface area contributed by atoms with Gasteiger partial charge in [0.15, 0.2) is 0 Å². The first-order valence-corrected chi connectivity index (χ1v) is 5.70. The summed E-state index contributed by atoms with van der Waals surface area (Å²) in [6.45, 7) is 4.15. The van der Waals surface area contributed by atoms with Crippen LogP contribution in [0.3, 0.4) is 0 Å². The minimum atomic E-state index is -1.01. The second kappa shape index (κ2) is 6.25. The molecule has 0 saturated carbocycles. The average molecular weight is 238 g/mol. The van der Waals surface area contributed by atoms with E-state index in [1.807, 2.05) is 6.92 Å². The largest absolute Gasteiger partial charge is 0.494 e. The van der Waals surface area contributed by atoms with Gasteiger partial charge in [-0.15, -0.1) is 0 Å². The Morgan fingerprint density at radius 2 is 1.94 bits per heavy atom. The maximum absolute atomic E-state index is 10.7. The van der Waals surface area contributed by atoms with Gasteiger partial charge in [0.25, 0.3) is 0 Å². The molecule has 2 unspecified atom stereocenters. The smallest absolute Gasteiger partial charge is 0.309 e. The molecule has 0 aromatic heterocycles. The van der Waals surface area contributed by atoms with Gasteiger partial charge in [0, 0.05) is 0 Å². The van der Waals surface area contributed by atoms with E-state index in [0.717, 1.165) is 12.2 Å². The molecule has 1 aromatic carbocycles. The number of hydrogen-bond acceptors (Lipinski definition) is 3. The standard InChI is InChI=1S/C13H18O4/c1-3-8-17-11-6-4-10(5-7-11)12(14)9(2)13(15)16/h4-7,9,12,14H,3,8H2,1-2H3,(H,15,16). The van der Waals surface area contributed by atoms with Crippen LogP contribution in [0.2, 0.25) is 0 Å². The lowest BCUT2D eigenvalue weighted by Gasteiger charge is -2.15. The SMILES string of the molecule is CCCOc1ccc(C(O)C(C)C(=O)O)cc1. The molecule has 17 heavy (non-hydrogen) atoms. The van der Waals surface area contributed by atoms with Crippen molar-refractivity contribution in [3.8, 4) is 5.75 Å². The molecule has 0 spiro atoms. The summed E-state index contributed by atoms with van der Waals surface area (Å²) in [5, 5.41) is 18.6. The fourth-order valence-corrected chi connectivity index (χ4v) is 1.40. The molecule has 0 aliphatic rings. The topological polar surface area (TPSA) is 66.8 Å². The number of carbonyl (C=O) groups is 1. The Hall–Kier alpha value is -1.55. The first-order valence-electron chi connectivity index (χ1n) is 5.70. The van der Waals surface area contributed by atoms with Crippen molar-refractivity contribution < 1.29 is 19.7 Å². The predicted octanol–water partition coefficient (Wildman–Crippen LogP) is 2.23. The zero-order valence-corrected chi connectivity index (χ0v) is 10.1. The molecule has 2 atom stereocenters. The normalized spacial score (nSPS) is 14.1. The lowest BCUT2D eigenvalue weighted by atomic mass is 9.98. The molecule has 4 nitrogen and oxygen atoms in total. The summed E-state index contributed by atoms with van der Waals surface area (Å²) < 4.78 is 5.40. The van der Waals surface area contributed by atoms with Crippen LogP contribution in [-0.4, -0.2) is 22.8 Å². The second-order valence-electron chi connectivity index (χ2n) is 3.99. The number of ether oxygens (including phenoxy) is 1. The third-order valence-electron chi connectivity index (χ3n) is 2.56. The molecule has 0 amide bonds. The second-order valence-corrected chi connectivity index (χ2v) is 3.99. The van der Waals surface area contributed by atoms with Crippen LogP contribution in [0.5, 0.6) is 5.75 Å². The summed E-state index contributed by atoms with van der Waals surface area (Å²) in [5.74, 6) is -1.10. The quantitative estimate of drug-likeness (QED) is 0.797. The van der Waals surface area contributed by atoms with Crippen LogP contribution in [0, 0.1) is 5.92 Å². The van der Waals surface area contributed by atoms with E-state index in [1.165, 1.54) is 6.92 Å². The van der Waals surface area contributed by atoms with Crippen molar-refractivity contribution >= 4 is 5.97 Å². The van der Waals surface area contributed by atoms with E-state index in [2.05, 4.69) is 0 Å². The average Bonchev–Trinajstić information content (AvgIpc) is 2.35. The van der Waals surface area contributed by atoms with Gasteiger partial charge in [0.05, 0.1) is 18.6 Å². The number of carboxylic acid groups (broad SMARTS) is 1. The highest BCUT2D eigenvalue weighted by molar-refractivity contribution is 5.70. The van der Waals surface area contributed by atoms with E-state index >= 15 is 0 Å². The fourth-order valence-electron chi connectivity index (χ4n) is 1.40. The zero-order valence-electron chi connectivity index (χ0n) is 10.1. The monoisotopic (exact) mass is 238 g/mol. The van der Waals surface area contributed by atoms with Gasteiger partial charge >= 0.3 is 5.97 Å². The maximum Gasteiger partial charge on any atom is 0.309 e. The van der Waals surface area contributed by atoms with Gasteiger partial charge in [-0.25, -0.2) is 0 Å². The van der Waals surface area contributed by atoms with Gasteiger partial charge in [-0.05, 0) is 31.0 Å². The molecule has 0 heterocycles. The summed E-state index contributed by atoms with van der Waals surface area (Å²) in [7, 11) is 0. The molecule has 0 fully saturated rings. The first-order chi connectivity index (χ1) is 8.06. The van der Waals surface area contributed by atoms with Crippen molar-refractivity contribution in [1.29, 1.82) is 0 Å². The Kier molecular flexibility index (Phi) is 4.97. The Morgan fingerprint density at radius 1 is 1.35 bits per heavy atom. The third-order valence-corrected chi connectivity index (χ3v) is 2.56. The summed E-state index contributed by atoms with van der Waals surface area (Å²) in [4.78, 5) is 10.7. The van der Waals surface area contributed by atoms with Crippen LogP contribution in [0.1, 0.15) is 31.9 Å². The molecule has 0 aliphatic carbocycles. The number of benzene rings is 1. The van der Waals surface area contributed by atoms with E-state index in [4.69, 9.17) is 9.84 Å². The zero-order chi connectivity index (χ0) is 12.8. The number of hydrogen-bond donors (Lipinski definition) is 2. The highest BCUT2D eigenvalue weighted by Gasteiger charge is 2.22. The molecule has 1 aromatic rings. The van der Waals surface area contributed by atoms with Crippen molar-refractivity contribution in [2.45, 2.75) is 26.4 Å². The molecule has 0 aliphatic heterocycles. The maximum atomic E-state index is 10.7. The molecular weight excluding hydrogens is 220 g/mol. The molecule has 94 valence electrons. The molecule has 0 bridgehead atoms. The van der Waals surface area contributed by atoms with Crippen LogP contribution in [0.15, 0.2) is 24.3 Å². The van der Waals surface area contributed by atoms with Crippen LogP contribution in [0.25, 0.3) is 0 Å². The van der Waals surface area contributed by atoms with Crippen molar-refractivity contribution in [1.82, 2.24) is 0 Å². The lowest BCUT2D eigenvalue weighted by molar-refractivity contribution is -0.145. The van der Waals surface area contributed by atoms with Crippen LogP contribution >= 0.6 is 0 Å². The summed E-state index contributed by atoms with van der Waals surface area (Å²) in [6.07, 6.45) is -0.0619.